The Morgan fingerprint density at radius 3 is 2.40 bits per heavy atom. The minimum atomic E-state index is -1.01. The molecule has 190 valence electrons. The summed E-state index contributed by atoms with van der Waals surface area (Å²) in [4.78, 5) is 47.3. The fraction of sp³-hybridized carbons (Fsp3) is 0.478. The molecule has 0 aliphatic carbocycles. The van der Waals surface area contributed by atoms with Crippen molar-refractivity contribution in [1.82, 2.24) is 0 Å². The van der Waals surface area contributed by atoms with Gasteiger partial charge in [0.25, 0.3) is 0 Å². The van der Waals surface area contributed by atoms with E-state index in [1.165, 1.54) is 39.2 Å². The van der Waals surface area contributed by atoms with Gasteiger partial charge in [-0.05, 0) is 17.7 Å². The molecule has 0 bridgehead atoms. The molecule has 4 atom stereocenters. The molecule has 3 rings (SSSR count). The highest BCUT2D eigenvalue weighted by Crippen LogP contribution is 2.38. The number of rotatable bonds is 8. The van der Waals surface area contributed by atoms with Crippen molar-refractivity contribution < 1.29 is 47.6 Å². The Hall–Kier alpha value is -2.89. The summed E-state index contributed by atoms with van der Waals surface area (Å²) >= 11 is 7.29. The van der Waals surface area contributed by atoms with E-state index >= 15 is 0 Å². The van der Waals surface area contributed by atoms with Crippen molar-refractivity contribution in [3.8, 4) is 5.75 Å². The van der Waals surface area contributed by atoms with Crippen molar-refractivity contribution >= 4 is 56.9 Å². The lowest BCUT2D eigenvalue weighted by Gasteiger charge is -2.39. The van der Waals surface area contributed by atoms with Crippen LogP contribution in [0.4, 0.5) is 0 Å². The summed E-state index contributed by atoms with van der Waals surface area (Å²) in [5.41, 5.74) is 0.805. The van der Waals surface area contributed by atoms with E-state index in [1.54, 1.807) is 18.2 Å². The maximum atomic E-state index is 12.1. The van der Waals surface area contributed by atoms with Gasteiger partial charge in [-0.3, -0.25) is 14.4 Å². The third-order valence-corrected chi connectivity index (χ3v) is 6.55. The van der Waals surface area contributed by atoms with E-state index in [0.717, 1.165) is 10.3 Å². The molecule has 0 unspecified atom stereocenters. The Kier molecular flexibility index (Phi) is 8.92. The zero-order valence-electron chi connectivity index (χ0n) is 19.5. The molecule has 0 saturated carbocycles. The SMILES string of the molecule is COC(=O)c1cc2c(O[C@H]3C[C@@H](OC(C)=O)[C@@H](OC(C)=O)[C@@H](COC(C)=O)O3)ccc(CCl)c2s1. The summed E-state index contributed by atoms with van der Waals surface area (Å²) in [6.07, 6.45) is -3.82. The van der Waals surface area contributed by atoms with E-state index in [2.05, 4.69) is 0 Å². The van der Waals surface area contributed by atoms with Gasteiger partial charge in [-0.15, -0.1) is 22.9 Å². The molecular weight excluding hydrogens is 504 g/mol. The number of carbonyl (C=O) groups excluding carboxylic acids is 4. The molecule has 1 aromatic heterocycles. The van der Waals surface area contributed by atoms with Gasteiger partial charge in [-0.25, -0.2) is 4.79 Å². The number of thiophene rings is 1. The zero-order chi connectivity index (χ0) is 25.7. The van der Waals surface area contributed by atoms with Crippen molar-refractivity contribution in [2.24, 2.45) is 0 Å². The summed E-state index contributed by atoms with van der Waals surface area (Å²) < 4.78 is 33.5. The molecule has 0 spiro atoms. The average molecular weight is 529 g/mol. The second-order valence-corrected chi connectivity index (χ2v) is 9.00. The lowest BCUT2D eigenvalue weighted by Crippen LogP contribution is -2.54. The number of hydrogen-bond donors (Lipinski definition) is 0. The predicted molar refractivity (Wildman–Crippen MR) is 124 cm³/mol. The molecule has 0 radical (unpaired) electrons. The Balaban J connectivity index is 1.94. The summed E-state index contributed by atoms with van der Waals surface area (Å²) in [6, 6.07) is 5.10. The number of fused-ring (bicyclic) bond motifs is 1. The molecule has 1 saturated heterocycles. The monoisotopic (exact) mass is 528 g/mol. The van der Waals surface area contributed by atoms with Crippen molar-refractivity contribution in [1.29, 1.82) is 0 Å². The number of alkyl halides is 1. The highest BCUT2D eigenvalue weighted by Gasteiger charge is 2.44. The number of benzene rings is 1. The van der Waals surface area contributed by atoms with Gasteiger partial charge in [-0.2, -0.15) is 0 Å². The summed E-state index contributed by atoms with van der Waals surface area (Å²) in [6.45, 7) is 3.41. The van der Waals surface area contributed by atoms with E-state index in [4.69, 9.17) is 40.0 Å². The molecule has 35 heavy (non-hydrogen) atoms. The third kappa shape index (κ3) is 6.62. The standard InChI is InChI=1S/C23H25ClO10S/c1-11(25)30-10-18-21(32-13(3)27)17(31-12(2)26)8-20(34-18)33-16-6-5-14(9-24)22-15(16)7-19(35-22)23(28)29-4/h5-7,17-18,20-21H,8-10H2,1-4H3/t17-,18-,20-,21-/m1/s1. The van der Waals surface area contributed by atoms with Gasteiger partial charge in [0.1, 0.15) is 29.4 Å². The lowest BCUT2D eigenvalue weighted by atomic mass is 10.0. The number of halogens is 1. The van der Waals surface area contributed by atoms with Crippen LogP contribution in [0.25, 0.3) is 10.1 Å². The minimum absolute atomic E-state index is 0.0286. The number of methoxy groups -OCH3 is 1. The maximum Gasteiger partial charge on any atom is 0.348 e. The molecule has 1 aliphatic heterocycles. The predicted octanol–water partition coefficient (Wildman–Crippen LogP) is 3.35. The van der Waals surface area contributed by atoms with E-state index in [0.29, 0.717) is 16.0 Å². The van der Waals surface area contributed by atoms with Gasteiger partial charge in [0.05, 0.1) is 13.5 Å². The van der Waals surface area contributed by atoms with Crippen LogP contribution in [-0.2, 0) is 43.9 Å². The number of ether oxygens (including phenoxy) is 6. The Morgan fingerprint density at radius 2 is 1.80 bits per heavy atom. The Morgan fingerprint density at radius 1 is 1.09 bits per heavy atom. The molecule has 10 nitrogen and oxygen atoms in total. The first kappa shape index (κ1) is 26.7. The molecule has 2 aromatic rings. The van der Waals surface area contributed by atoms with E-state index in [1.807, 2.05) is 0 Å². The number of carbonyl (C=O) groups is 4. The normalized spacial score (nSPS) is 21.7. The quantitative estimate of drug-likeness (QED) is 0.286. The van der Waals surface area contributed by atoms with Crippen LogP contribution in [0.1, 0.15) is 42.4 Å². The summed E-state index contributed by atoms with van der Waals surface area (Å²) in [5.74, 6) is -1.64. The van der Waals surface area contributed by atoms with Crippen LogP contribution < -0.4 is 4.74 Å². The van der Waals surface area contributed by atoms with Gasteiger partial charge in [0, 0.05) is 36.7 Å². The lowest BCUT2D eigenvalue weighted by molar-refractivity contribution is -0.245. The Labute approximate surface area is 210 Å². The van der Waals surface area contributed by atoms with Gasteiger partial charge >= 0.3 is 23.9 Å². The highest BCUT2D eigenvalue weighted by molar-refractivity contribution is 7.21. The van der Waals surface area contributed by atoms with E-state index < -0.39 is 48.5 Å². The number of esters is 4. The van der Waals surface area contributed by atoms with Gasteiger partial charge < -0.3 is 28.4 Å². The topological polar surface area (TPSA) is 124 Å². The fourth-order valence-electron chi connectivity index (χ4n) is 3.68. The third-order valence-electron chi connectivity index (χ3n) is 5.07. The van der Waals surface area contributed by atoms with Crippen molar-refractivity contribution in [2.45, 2.75) is 57.7 Å². The fourth-order valence-corrected chi connectivity index (χ4v) is 5.08. The Bertz CT molecular complexity index is 1110. The second kappa shape index (κ2) is 11.7. The van der Waals surface area contributed by atoms with Crippen molar-refractivity contribution in [3.05, 3.63) is 28.6 Å². The summed E-state index contributed by atoms with van der Waals surface area (Å²) in [7, 11) is 1.29. The maximum absolute atomic E-state index is 12.1. The molecule has 12 heteroatoms. The van der Waals surface area contributed by atoms with E-state index in [9.17, 15) is 19.2 Å². The summed E-state index contributed by atoms with van der Waals surface area (Å²) in [5, 5.41) is 0.625. The molecule has 1 fully saturated rings. The van der Waals surface area contributed by atoms with Crippen LogP contribution in [0.2, 0.25) is 0 Å². The molecule has 0 N–H and O–H groups in total. The smallest absolute Gasteiger partial charge is 0.348 e. The van der Waals surface area contributed by atoms with Crippen LogP contribution in [0.15, 0.2) is 18.2 Å². The first-order valence-corrected chi connectivity index (χ1v) is 12.0. The molecule has 1 aliphatic rings. The van der Waals surface area contributed by atoms with Crippen molar-refractivity contribution in [3.63, 3.8) is 0 Å². The van der Waals surface area contributed by atoms with Crippen LogP contribution in [0, 0.1) is 0 Å². The first-order valence-electron chi connectivity index (χ1n) is 10.6. The molecule has 2 heterocycles. The molecule has 0 amide bonds. The molecular formula is C23H25ClO10S. The van der Waals surface area contributed by atoms with Gasteiger partial charge in [-0.1, -0.05) is 6.07 Å². The van der Waals surface area contributed by atoms with Gasteiger partial charge in [0.15, 0.2) is 6.10 Å². The van der Waals surface area contributed by atoms with Crippen LogP contribution in [-0.4, -0.2) is 62.2 Å². The van der Waals surface area contributed by atoms with E-state index in [-0.39, 0.29) is 18.9 Å². The second-order valence-electron chi connectivity index (χ2n) is 7.68. The minimum Gasteiger partial charge on any atom is -0.465 e. The largest absolute Gasteiger partial charge is 0.465 e. The average Bonchev–Trinajstić information content (AvgIpc) is 3.24. The van der Waals surface area contributed by atoms with Crippen LogP contribution >= 0.6 is 22.9 Å². The zero-order valence-corrected chi connectivity index (χ0v) is 21.1. The van der Waals surface area contributed by atoms with Gasteiger partial charge in [0.2, 0.25) is 6.29 Å². The number of hydrogen-bond acceptors (Lipinski definition) is 11. The van der Waals surface area contributed by atoms with Crippen LogP contribution in [0.5, 0.6) is 5.75 Å². The van der Waals surface area contributed by atoms with Crippen LogP contribution in [0.3, 0.4) is 0 Å². The van der Waals surface area contributed by atoms with Crippen molar-refractivity contribution in [2.75, 3.05) is 13.7 Å². The molecule has 1 aromatic carbocycles. The first-order chi connectivity index (χ1) is 16.6. The highest BCUT2D eigenvalue weighted by atomic mass is 35.5.